The first kappa shape index (κ1) is 11.2. The summed E-state index contributed by atoms with van der Waals surface area (Å²) < 4.78 is 4.64. The average Bonchev–Trinajstić information content (AvgIpc) is 2.46. The Hall–Kier alpha value is -0.830. The molecule has 0 aliphatic heterocycles. The van der Waals surface area contributed by atoms with Crippen LogP contribution in [0.5, 0.6) is 0 Å². The summed E-state index contributed by atoms with van der Waals surface area (Å²) in [6, 6.07) is 0. The van der Waals surface area contributed by atoms with Crippen LogP contribution in [0.25, 0.3) is 0 Å². The van der Waals surface area contributed by atoms with Crippen molar-refractivity contribution in [3.8, 4) is 0 Å². The minimum Gasteiger partial charge on any atom is -0.467 e. The first-order chi connectivity index (χ1) is 6.56. The number of aliphatic hydroxyl groups is 1. The third kappa shape index (κ3) is 1.69. The van der Waals surface area contributed by atoms with E-state index in [1.807, 2.05) is 19.9 Å². The van der Waals surface area contributed by atoms with Crippen molar-refractivity contribution in [2.45, 2.75) is 38.7 Å². The van der Waals surface area contributed by atoms with Crippen molar-refractivity contribution < 1.29 is 14.6 Å². The monoisotopic (exact) mass is 198 g/mol. The lowest BCUT2D eigenvalue weighted by Crippen LogP contribution is -2.44. The van der Waals surface area contributed by atoms with Crippen LogP contribution in [0.4, 0.5) is 0 Å². The van der Waals surface area contributed by atoms with Crippen LogP contribution in [0.15, 0.2) is 11.6 Å². The summed E-state index contributed by atoms with van der Waals surface area (Å²) in [6.45, 7) is 4.00. The lowest BCUT2D eigenvalue weighted by molar-refractivity contribution is -0.165. The second kappa shape index (κ2) is 4.13. The Labute approximate surface area is 84.8 Å². The average molecular weight is 198 g/mol. The van der Waals surface area contributed by atoms with Crippen molar-refractivity contribution in [2.24, 2.45) is 5.92 Å². The topological polar surface area (TPSA) is 46.5 Å². The van der Waals surface area contributed by atoms with Crippen LogP contribution in [0.1, 0.15) is 33.1 Å². The number of ether oxygens (including phenoxy) is 1. The second-order valence-corrected chi connectivity index (χ2v) is 3.91. The van der Waals surface area contributed by atoms with E-state index in [4.69, 9.17) is 0 Å². The van der Waals surface area contributed by atoms with Gasteiger partial charge in [-0.2, -0.15) is 0 Å². The number of rotatable bonds is 3. The molecular formula is C11H18O3. The zero-order valence-electron chi connectivity index (χ0n) is 9.04. The van der Waals surface area contributed by atoms with Gasteiger partial charge in [0.15, 0.2) is 5.60 Å². The van der Waals surface area contributed by atoms with Crippen LogP contribution in [-0.2, 0) is 9.53 Å². The molecule has 3 nitrogen and oxygen atoms in total. The molecule has 1 rings (SSSR count). The fourth-order valence-electron chi connectivity index (χ4n) is 2.14. The van der Waals surface area contributed by atoms with E-state index in [2.05, 4.69) is 4.74 Å². The van der Waals surface area contributed by atoms with E-state index in [0.29, 0.717) is 6.42 Å². The first-order valence-electron chi connectivity index (χ1n) is 5.03. The van der Waals surface area contributed by atoms with Crippen molar-refractivity contribution in [3.05, 3.63) is 11.6 Å². The molecule has 0 aromatic rings. The fourth-order valence-corrected chi connectivity index (χ4v) is 2.14. The number of methoxy groups -OCH3 is 1. The van der Waals surface area contributed by atoms with Crippen LogP contribution in [-0.4, -0.2) is 23.8 Å². The van der Waals surface area contributed by atoms with Gasteiger partial charge in [0.25, 0.3) is 0 Å². The molecule has 14 heavy (non-hydrogen) atoms. The van der Waals surface area contributed by atoms with Crippen LogP contribution in [0.2, 0.25) is 0 Å². The van der Waals surface area contributed by atoms with Crippen LogP contribution >= 0.6 is 0 Å². The van der Waals surface area contributed by atoms with Gasteiger partial charge < -0.3 is 9.84 Å². The van der Waals surface area contributed by atoms with E-state index in [0.717, 1.165) is 18.4 Å². The van der Waals surface area contributed by atoms with Gasteiger partial charge in [0.2, 0.25) is 0 Å². The molecule has 0 amide bonds. The largest absolute Gasteiger partial charge is 0.467 e. The number of hydrogen-bond acceptors (Lipinski definition) is 3. The van der Waals surface area contributed by atoms with E-state index in [1.165, 1.54) is 7.11 Å². The van der Waals surface area contributed by atoms with E-state index < -0.39 is 11.6 Å². The molecule has 1 N–H and O–H groups in total. The molecule has 0 fully saturated rings. The molecular weight excluding hydrogens is 180 g/mol. The third-order valence-electron chi connectivity index (χ3n) is 2.98. The summed E-state index contributed by atoms with van der Waals surface area (Å²) in [5.74, 6) is -0.580. The number of carbonyl (C=O) groups excluding carboxylic acids is 1. The highest BCUT2D eigenvalue weighted by Crippen LogP contribution is 2.39. The molecule has 0 aromatic heterocycles. The van der Waals surface area contributed by atoms with Gasteiger partial charge in [-0.25, -0.2) is 4.79 Å². The maximum Gasteiger partial charge on any atom is 0.338 e. The molecule has 80 valence electrons. The molecule has 0 saturated heterocycles. The lowest BCUT2D eigenvalue weighted by atomic mass is 9.84. The lowest BCUT2D eigenvalue weighted by Gasteiger charge is -2.28. The minimum atomic E-state index is -1.31. The van der Waals surface area contributed by atoms with Gasteiger partial charge in [0, 0.05) is 12.3 Å². The highest BCUT2D eigenvalue weighted by Gasteiger charge is 2.47. The SMILES string of the molecule is CCC[C@H]1C(C)=CC[C@]1(O)C(=O)OC. The van der Waals surface area contributed by atoms with Crippen molar-refractivity contribution in [2.75, 3.05) is 7.11 Å². The van der Waals surface area contributed by atoms with Crippen molar-refractivity contribution in [1.82, 2.24) is 0 Å². The van der Waals surface area contributed by atoms with E-state index in [1.54, 1.807) is 0 Å². The number of hydrogen-bond donors (Lipinski definition) is 1. The molecule has 1 aliphatic rings. The summed E-state index contributed by atoms with van der Waals surface area (Å²) in [7, 11) is 1.32. The van der Waals surface area contributed by atoms with Gasteiger partial charge in [-0.05, 0) is 13.3 Å². The van der Waals surface area contributed by atoms with Crippen molar-refractivity contribution in [1.29, 1.82) is 0 Å². The third-order valence-corrected chi connectivity index (χ3v) is 2.98. The molecule has 0 aromatic carbocycles. The molecule has 2 atom stereocenters. The van der Waals surface area contributed by atoms with E-state index >= 15 is 0 Å². The Kier molecular flexibility index (Phi) is 3.32. The first-order valence-corrected chi connectivity index (χ1v) is 5.03. The highest BCUT2D eigenvalue weighted by atomic mass is 16.5. The normalized spacial score (nSPS) is 31.4. The van der Waals surface area contributed by atoms with Gasteiger partial charge >= 0.3 is 5.97 Å². The Morgan fingerprint density at radius 1 is 1.79 bits per heavy atom. The summed E-state index contributed by atoms with van der Waals surface area (Å²) in [5, 5.41) is 10.2. The van der Waals surface area contributed by atoms with E-state index in [9.17, 15) is 9.90 Å². The number of carbonyl (C=O) groups is 1. The van der Waals surface area contributed by atoms with Crippen molar-refractivity contribution in [3.63, 3.8) is 0 Å². The zero-order chi connectivity index (χ0) is 10.8. The smallest absolute Gasteiger partial charge is 0.338 e. The van der Waals surface area contributed by atoms with Crippen LogP contribution < -0.4 is 0 Å². The van der Waals surface area contributed by atoms with Gasteiger partial charge in [-0.1, -0.05) is 25.0 Å². The summed E-state index contributed by atoms with van der Waals surface area (Å²) >= 11 is 0. The van der Waals surface area contributed by atoms with Gasteiger partial charge in [0.05, 0.1) is 7.11 Å². The minimum absolute atomic E-state index is 0.0695. The van der Waals surface area contributed by atoms with Crippen LogP contribution in [0, 0.1) is 5.92 Å². The number of esters is 1. The van der Waals surface area contributed by atoms with Crippen molar-refractivity contribution >= 4 is 5.97 Å². The molecule has 0 spiro atoms. The summed E-state index contributed by atoms with van der Waals surface area (Å²) in [4.78, 5) is 11.5. The Bertz CT molecular complexity index is 257. The molecule has 0 unspecified atom stereocenters. The van der Waals surface area contributed by atoms with Gasteiger partial charge in [0.1, 0.15) is 0 Å². The highest BCUT2D eigenvalue weighted by molar-refractivity contribution is 5.81. The molecule has 1 aliphatic carbocycles. The Balaban J connectivity index is 2.85. The Morgan fingerprint density at radius 2 is 2.43 bits per heavy atom. The van der Waals surface area contributed by atoms with E-state index in [-0.39, 0.29) is 5.92 Å². The molecule has 0 heterocycles. The predicted octanol–water partition coefficient (Wildman–Crippen LogP) is 1.66. The maximum atomic E-state index is 11.5. The predicted molar refractivity (Wildman–Crippen MR) is 53.7 cm³/mol. The summed E-state index contributed by atoms with van der Waals surface area (Å²) in [5.41, 5.74) is -0.214. The summed E-state index contributed by atoms with van der Waals surface area (Å²) in [6.07, 6.45) is 4.09. The quantitative estimate of drug-likeness (QED) is 0.554. The fraction of sp³-hybridized carbons (Fsp3) is 0.727. The maximum absolute atomic E-state index is 11.5. The standard InChI is InChI=1S/C11H18O3/c1-4-5-9-8(2)6-7-11(9,13)10(12)14-3/h6,9,13H,4-5,7H2,1-3H3/t9-,11+/m0/s1. The molecule has 0 saturated carbocycles. The molecule has 3 heteroatoms. The molecule has 0 bridgehead atoms. The second-order valence-electron chi connectivity index (χ2n) is 3.91. The molecule has 0 radical (unpaired) electrons. The van der Waals surface area contributed by atoms with Crippen LogP contribution in [0.3, 0.4) is 0 Å². The zero-order valence-corrected chi connectivity index (χ0v) is 9.04. The van der Waals surface area contributed by atoms with Gasteiger partial charge in [-0.15, -0.1) is 0 Å². The van der Waals surface area contributed by atoms with Gasteiger partial charge in [-0.3, -0.25) is 0 Å². The Morgan fingerprint density at radius 3 is 2.93 bits per heavy atom.